The van der Waals surface area contributed by atoms with Gasteiger partial charge in [0.15, 0.2) is 0 Å². The summed E-state index contributed by atoms with van der Waals surface area (Å²) in [6.45, 7) is 9.54. The van der Waals surface area contributed by atoms with E-state index in [0.717, 1.165) is 31.9 Å². The van der Waals surface area contributed by atoms with Gasteiger partial charge >= 0.3 is 0 Å². The van der Waals surface area contributed by atoms with E-state index in [4.69, 9.17) is 4.98 Å². The monoisotopic (exact) mass is 337 g/mol. The van der Waals surface area contributed by atoms with Gasteiger partial charge in [-0.2, -0.15) is 0 Å². The van der Waals surface area contributed by atoms with Crippen LogP contribution in [0, 0.1) is 0 Å². The smallest absolute Gasteiger partial charge is 0.133 e. The zero-order chi connectivity index (χ0) is 16.7. The van der Waals surface area contributed by atoms with Crippen molar-refractivity contribution in [1.29, 1.82) is 0 Å². The van der Waals surface area contributed by atoms with Crippen LogP contribution in [0.1, 0.15) is 42.7 Å². The molecule has 3 heterocycles. The molecule has 1 aliphatic heterocycles. The Kier molecular flexibility index (Phi) is 3.89. The van der Waals surface area contributed by atoms with Crippen LogP contribution in [-0.4, -0.2) is 21.4 Å². The molecule has 0 fully saturated rings. The number of nitrogens with zero attached hydrogens (tertiary/aromatic N) is 3. The molecular formula is C20H23N3S. The van der Waals surface area contributed by atoms with Gasteiger partial charge in [0.1, 0.15) is 5.82 Å². The lowest BCUT2D eigenvalue weighted by Gasteiger charge is -2.28. The molecule has 0 N–H and O–H groups in total. The first-order chi connectivity index (χ1) is 11.5. The van der Waals surface area contributed by atoms with Crippen LogP contribution >= 0.6 is 11.3 Å². The summed E-state index contributed by atoms with van der Waals surface area (Å²) in [6, 6.07) is 11.0. The number of benzene rings is 1. The highest BCUT2D eigenvalue weighted by Crippen LogP contribution is 2.28. The van der Waals surface area contributed by atoms with Gasteiger partial charge in [0.05, 0.1) is 5.69 Å². The Bertz CT molecular complexity index is 843. The third kappa shape index (κ3) is 3.08. The summed E-state index contributed by atoms with van der Waals surface area (Å²) in [5.41, 5.74) is 2.53. The Balaban J connectivity index is 1.55. The highest BCUT2D eigenvalue weighted by molar-refractivity contribution is 7.19. The van der Waals surface area contributed by atoms with Gasteiger partial charge < -0.3 is 0 Å². The van der Waals surface area contributed by atoms with Crippen molar-refractivity contribution in [1.82, 2.24) is 14.9 Å². The Hall–Kier alpha value is -1.78. The van der Waals surface area contributed by atoms with Crippen LogP contribution in [0.5, 0.6) is 0 Å². The van der Waals surface area contributed by atoms with E-state index in [-0.39, 0.29) is 5.41 Å². The molecule has 0 spiro atoms. The van der Waals surface area contributed by atoms with Gasteiger partial charge in [-0.15, -0.1) is 11.3 Å². The van der Waals surface area contributed by atoms with Crippen LogP contribution in [0.15, 0.2) is 36.5 Å². The number of hydrogen-bond acceptors (Lipinski definition) is 4. The molecule has 0 atom stereocenters. The van der Waals surface area contributed by atoms with Crippen molar-refractivity contribution in [2.45, 2.75) is 45.7 Å². The molecule has 124 valence electrons. The number of fused-ring (bicyclic) bond motifs is 2. The second-order valence-corrected chi connectivity index (χ2v) is 8.80. The van der Waals surface area contributed by atoms with E-state index in [0.29, 0.717) is 0 Å². The van der Waals surface area contributed by atoms with Gasteiger partial charge in [-0.1, -0.05) is 39.0 Å². The Morgan fingerprint density at radius 3 is 2.83 bits per heavy atom. The topological polar surface area (TPSA) is 29.0 Å². The summed E-state index contributed by atoms with van der Waals surface area (Å²) in [6.07, 6.45) is 3.09. The molecular weight excluding hydrogens is 314 g/mol. The first-order valence-corrected chi connectivity index (χ1v) is 9.36. The molecule has 0 saturated heterocycles. The molecule has 0 bridgehead atoms. The first-order valence-electron chi connectivity index (χ1n) is 8.54. The fraction of sp³-hybridized carbons (Fsp3) is 0.400. The quantitative estimate of drug-likeness (QED) is 0.687. The summed E-state index contributed by atoms with van der Waals surface area (Å²) in [7, 11) is 0. The lowest BCUT2D eigenvalue weighted by atomic mass is 9.95. The molecule has 1 aromatic carbocycles. The second-order valence-electron chi connectivity index (χ2n) is 7.63. The molecule has 3 nitrogen and oxygen atoms in total. The number of rotatable bonds is 2. The molecule has 0 radical (unpaired) electrons. The second kappa shape index (κ2) is 5.94. The van der Waals surface area contributed by atoms with Crippen molar-refractivity contribution in [3.63, 3.8) is 0 Å². The van der Waals surface area contributed by atoms with Gasteiger partial charge in [0, 0.05) is 40.8 Å². The molecule has 0 aliphatic carbocycles. The van der Waals surface area contributed by atoms with Crippen molar-refractivity contribution in [2.24, 2.45) is 0 Å². The van der Waals surface area contributed by atoms with Gasteiger partial charge in [-0.25, -0.2) is 9.97 Å². The van der Waals surface area contributed by atoms with Crippen molar-refractivity contribution in [3.05, 3.63) is 58.5 Å². The lowest BCUT2D eigenvalue weighted by molar-refractivity contribution is 0.242. The SMILES string of the molecule is CC(C)(C)c1ncc2c(n1)CN(Cc1cc3ccccc3s1)CC2. The average Bonchev–Trinajstić information content (AvgIpc) is 2.95. The van der Waals surface area contributed by atoms with Crippen molar-refractivity contribution in [3.8, 4) is 0 Å². The van der Waals surface area contributed by atoms with E-state index in [1.54, 1.807) is 0 Å². The molecule has 0 amide bonds. The van der Waals surface area contributed by atoms with Crippen LogP contribution < -0.4 is 0 Å². The predicted molar refractivity (Wildman–Crippen MR) is 100 cm³/mol. The van der Waals surface area contributed by atoms with Gasteiger partial charge in [-0.3, -0.25) is 4.90 Å². The predicted octanol–water partition coefficient (Wildman–Crippen LogP) is 4.55. The molecule has 0 saturated carbocycles. The van der Waals surface area contributed by atoms with E-state index < -0.39 is 0 Å². The maximum absolute atomic E-state index is 4.87. The molecule has 1 aliphatic rings. The van der Waals surface area contributed by atoms with Crippen molar-refractivity contribution in [2.75, 3.05) is 6.54 Å². The van der Waals surface area contributed by atoms with Crippen LogP contribution in [0.25, 0.3) is 10.1 Å². The number of hydrogen-bond donors (Lipinski definition) is 0. The molecule has 24 heavy (non-hydrogen) atoms. The molecule has 4 rings (SSSR count). The first kappa shape index (κ1) is 15.7. The zero-order valence-electron chi connectivity index (χ0n) is 14.5. The van der Waals surface area contributed by atoms with E-state index in [1.807, 2.05) is 17.5 Å². The van der Waals surface area contributed by atoms with Crippen LogP contribution in [-0.2, 0) is 24.9 Å². The van der Waals surface area contributed by atoms with E-state index in [1.165, 1.54) is 26.2 Å². The van der Waals surface area contributed by atoms with Gasteiger partial charge in [-0.05, 0) is 29.5 Å². The number of aromatic nitrogens is 2. The molecule has 2 aromatic heterocycles. The van der Waals surface area contributed by atoms with Crippen LogP contribution in [0.3, 0.4) is 0 Å². The summed E-state index contributed by atoms with van der Waals surface area (Å²) >= 11 is 1.91. The fourth-order valence-corrected chi connectivity index (χ4v) is 4.30. The standard InChI is InChI=1S/C20H23N3S/c1-20(2,3)19-21-11-15-8-9-23(13-17(15)22-19)12-16-10-14-6-4-5-7-18(14)24-16/h4-7,10-11H,8-9,12-13H2,1-3H3. The molecule has 3 aromatic rings. The Morgan fingerprint density at radius 2 is 2.04 bits per heavy atom. The third-order valence-electron chi connectivity index (χ3n) is 4.55. The van der Waals surface area contributed by atoms with Crippen molar-refractivity contribution < 1.29 is 0 Å². The molecule has 0 unspecified atom stereocenters. The highest BCUT2D eigenvalue weighted by Gasteiger charge is 2.23. The summed E-state index contributed by atoms with van der Waals surface area (Å²) in [5.74, 6) is 0.949. The third-order valence-corrected chi connectivity index (χ3v) is 5.65. The normalized spacial score (nSPS) is 15.6. The fourth-order valence-electron chi connectivity index (χ4n) is 3.19. The average molecular weight is 337 g/mol. The van der Waals surface area contributed by atoms with E-state index in [9.17, 15) is 0 Å². The Labute approximate surface area is 147 Å². The van der Waals surface area contributed by atoms with Crippen LogP contribution in [0.4, 0.5) is 0 Å². The lowest BCUT2D eigenvalue weighted by Crippen LogP contribution is -2.31. The minimum atomic E-state index is 0.00276. The summed E-state index contributed by atoms with van der Waals surface area (Å²) in [4.78, 5) is 13.4. The Morgan fingerprint density at radius 1 is 1.21 bits per heavy atom. The molecule has 4 heteroatoms. The highest BCUT2D eigenvalue weighted by atomic mass is 32.1. The largest absolute Gasteiger partial charge is 0.292 e. The summed E-state index contributed by atoms with van der Waals surface area (Å²) in [5, 5.41) is 1.35. The van der Waals surface area contributed by atoms with E-state index >= 15 is 0 Å². The minimum Gasteiger partial charge on any atom is -0.292 e. The van der Waals surface area contributed by atoms with Crippen molar-refractivity contribution >= 4 is 21.4 Å². The van der Waals surface area contributed by atoms with E-state index in [2.05, 4.69) is 61.0 Å². The summed E-state index contributed by atoms with van der Waals surface area (Å²) < 4.78 is 1.38. The van der Waals surface area contributed by atoms with Gasteiger partial charge in [0.25, 0.3) is 0 Å². The minimum absolute atomic E-state index is 0.00276. The number of thiophene rings is 1. The van der Waals surface area contributed by atoms with Gasteiger partial charge in [0.2, 0.25) is 0 Å². The zero-order valence-corrected chi connectivity index (χ0v) is 15.4. The maximum atomic E-state index is 4.87. The van der Waals surface area contributed by atoms with Crippen LogP contribution in [0.2, 0.25) is 0 Å². The maximum Gasteiger partial charge on any atom is 0.133 e.